The molecule has 1 aromatic heterocycles. The van der Waals surface area contributed by atoms with Crippen LogP contribution >= 0.6 is 15.9 Å². The van der Waals surface area contributed by atoms with Gasteiger partial charge >= 0.3 is 6.03 Å². The van der Waals surface area contributed by atoms with Gasteiger partial charge in [0.25, 0.3) is 5.56 Å². The largest absolute Gasteiger partial charge is 0.322 e. The van der Waals surface area contributed by atoms with Crippen LogP contribution in [0.4, 0.5) is 10.5 Å². The van der Waals surface area contributed by atoms with E-state index < -0.39 is 0 Å². The van der Waals surface area contributed by atoms with Crippen molar-refractivity contribution in [2.24, 2.45) is 12.5 Å². The molecule has 0 saturated heterocycles. The summed E-state index contributed by atoms with van der Waals surface area (Å²) in [6.07, 6.45) is 4.65. The summed E-state index contributed by atoms with van der Waals surface area (Å²) in [6, 6.07) is 1.39. The highest BCUT2D eigenvalue weighted by molar-refractivity contribution is 9.10. The second-order valence-electron chi connectivity index (χ2n) is 6.59. The SMILES string of the molecule is Cn1cc(Br)cc(NC(=O)N2CC=C(C(C)(C)C)CC2)c1=O. The van der Waals surface area contributed by atoms with Crippen LogP contribution < -0.4 is 10.9 Å². The third kappa shape index (κ3) is 3.80. The molecule has 22 heavy (non-hydrogen) atoms. The highest BCUT2D eigenvalue weighted by Crippen LogP contribution is 2.30. The van der Waals surface area contributed by atoms with Crippen molar-refractivity contribution in [2.75, 3.05) is 18.4 Å². The van der Waals surface area contributed by atoms with Crippen LogP contribution in [0.5, 0.6) is 0 Å². The summed E-state index contributed by atoms with van der Waals surface area (Å²) in [5, 5.41) is 2.71. The van der Waals surface area contributed by atoms with E-state index in [4.69, 9.17) is 0 Å². The Balaban J connectivity index is 2.09. The van der Waals surface area contributed by atoms with Gasteiger partial charge in [0.1, 0.15) is 5.69 Å². The number of urea groups is 1. The number of amides is 2. The van der Waals surface area contributed by atoms with E-state index >= 15 is 0 Å². The first kappa shape index (κ1) is 16.8. The molecule has 120 valence electrons. The van der Waals surface area contributed by atoms with Crippen LogP contribution in [-0.4, -0.2) is 28.6 Å². The number of rotatable bonds is 1. The number of anilines is 1. The second kappa shape index (κ2) is 6.28. The molecule has 0 spiro atoms. The Morgan fingerprint density at radius 2 is 2.05 bits per heavy atom. The molecule has 5 nitrogen and oxygen atoms in total. The Kier molecular flexibility index (Phi) is 4.80. The van der Waals surface area contributed by atoms with Gasteiger partial charge in [-0.3, -0.25) is 4.79 Å². The molecule has 0 atom stereocenters. The maximum absolute atomic E-state index is 12.3. The lowest BCUT2D eigenvalue weighted by Gasteiger charge is -2.32. The smallest absolute Gasteiger partial charge is 0.320 e. The number of pyridine rings is 1. The van der Waals surface area contributed by atoms with Gasteiger partial charge in [0.15, 0.2) is 0 Å². The first-order chi connectivity index (χ1) is 10.2. The number of carbonyl (C=O) groups excluding carboxylic acids is 1. The summed E-state index contributed by atoms with van der Waals surface area (Å²) in [5.41, 5.74) is 1.57. The van der Waals surface area contributed by atoms with Crippen LogP contribution in [0, 0.1) is 5.41 Å². The van der Waals surface area contributed by atoms with Crippen molar-refractivity contribution in [1.82, 2.24) is 9.47 Å². The van der Waals surface area contributed by atoms with E-state index in [1.54, 1.807) is 24.2 Å². The average Bonchev–Trinajstić information content (AvgIpc) is 2.43. The molecule has 0 aromatic carbocycles. The maximum atomic E-state index is 12.3. The zero-order valence-electron chi connectivity index (χ0n) is 13.4. The minimum absolute atomic E-state index is 0.142. The summed E-state index contributed by atoms with van der Waals surface area (Å²) in [5.74, 6) is 0. The minimum atomic E-state index is -0.237. The maximum Gasteiger partial charge on any atom is 0.322 e. The van der Waals surface area contributed by atoms with Crippen molar-refractivity contribution in [1.29, 1.82) is 0 Å². The van der Waals surface area contributed by atoms with Crippen molar-refractivity contribution < 1.29 is 4.79 Å². The first-order valence-electron chi connectivity index (χ1n) is 7.30. The lowest BCUT2D eigenvalue weighted by molar-refractivity contribution is 0.213. The normalized spacial score (nSPS) is 15.5. The second-order valence-corrected chi connectivity index (χ2v) is 7.51. The Morgan fingerprint density at radius 3 is 2.59 bits per heavy atom. The van der Waals surface area contributed by atoms with Crippen LogP contribution in [0.1, 0.15) is 27.2 Å². The van der Waals surface area contributed by atoms with E-state index in [1.165, 1.54) is 10.1 Å². The number of nitrogens with zero attached hydrogens (tertiary/aromatic N) is 2. The number of hydrogen-bond acceptors (Lipinski definition) is 2. The van der Waals surface area contributed by atoms with Crippen LogP contribution in [-0.2, 0) is 7.05 Å². The van der Waals surface area contributed by atoms with Crippen LogP contribution in [0.25, 0.3) is 0 Å². The van der Waals surface area contributed by atoms with E-state index in [0.717, 1.165) is 10.9 Å². The molecule has 2 heterocycles. The Morgan fingerprint density at radius 1 is 1.36 bits per heavy atom. The van der Waals surface area contributed by atoms with Crippen molar-refractivity contribution in [3.05, 3.63) is 38.7 Å². The highest BCUT2D eigenvalue weighted by Gasteiger charge is 2.24. The van der Waals surface area contributed by atoms with Gasteiger partial charge in [-0.15, -0.1) is 0 Å². The van der Waals surface area contributed by atoms with Crippen LogP contribution in [0.2, 0.25) is 0 Å². The molecule has 2 amide bonds. The molecule has 0 fully saturated rings. The molecular weight excluding hydrogens is 346 g/mol. The van der Waals surface area contributed by atoms with Crippen LogP contribution in [0.3, 0.4) is 0 Å². The molecule has 6 heteroatoms. The standard InChI is InChI=1S/C16H22BrN3O2/c1-16(2,3)11-5-7-20(8-6-11)15(22)18-13-9-12(17)10-19(4)14(13)21/h5,9-10H,6-8H2,1-4H3,(H,18,22). The quantitative estimate of drug-likeness (QED) is 0.773. The lowest BCUT2D eigenvalue weighted by Crippen LogP contribution is -2.40. The van der Waals surface area contributed by atoms with Crippen molar-refractivity contribution in [3.63, 3.8) is 0 Å². The van der Waals surface area contributed by atoms with Crippen LogP contribution in [0.15, 0.2) is 33.2 Å². The van der Waals surface area contributed by atoms with Gasteiger partial charge in [0.2, 0.25) is 0 Å². The summed E-state index contributed by atoms with van der Waals surface area (Å²) >= 11 is 3.33. The molecule has 1 aliphatic heterocycles. The fourth-order valence-electron chi connectivity index (χ4n) is 2.49. The van der Waals surface area contributed by atoms with Gasteiger partial charge < -0.3 is 14.8 Å². The fourth-order valence-corrected chi connectivity index (χ4v) is 3.03. The number of halogens is 1. The fraction of sp³-hybridized carbons (Fsp3) is 0.500. The first-order valence-corrected chi connectivity index (χ1v) is 8.09. The third-order valence-corrected chi connectivity index (χ3v) is 4.28. The summed E-state index contributed by atoms with van der Waals surface area (Å²) in [6.45, 7) is 7.79. The van der Waals surface area contributed by atoms with Crippen molar-refractivity contribution in [2.45, 2.75) is 27.2 Å². The zero-order valence-corrected chi connectivity index (χ0v) is 15.0. The van der Waals surface area contributed by atoms with Gasteiger partial charge in [-0.05, 0) is 33.8 Å². The van der Waals surface area contributed by atoms with Gasteiger partial charge in [-0.2, -0.15) is 0 Å². The molecule has 2 rings (SSSR count). The minimum Gasteiger partial charge on any atom is -0.320 e. The summed E-state index contributed by atoms with van der Waals surface area (Å²) < 4.78 is 2.19. The Labute approximate surface area is 139 Å². The number of aryl methyl sites for hydroxylation is 1. The van der Waals surface area contributed by atoms with E-state index in [9.17, 15) is 9.59 Å². The van der Waals surface area contributed by atoms with Gasteiger partial charge in [0, 0.05) is 30.8 Å². The molecule has 0 radical (unpaired) electrons. The Hall–Kier alpha value is -1.56. The van der Waals surface area contributed by atoms with Gasteiger partial charge in [-0.1, -0.05) is 32.4 Å². The average molecular weight is 368 g/mol. The third-order valence-electron chi connectivity index (χ3n) is 3.85. The molecular formula is C16H22BrN3O2. The molecule has 1 N–H and O–H groups in total. The van der Waals surface area contributed by atoms with E-state index in [0.29, 0.717) is 13.1 Å². The highest BCUT2D eigenvalue weighted by atomic mass is 79.9. The van der Waals surface area contributed by atoms with E-state index in [1.807, 2.05) is 0 Å². The molecule has 1 aliphatic rings. The predicted octanol–water partition coefficient (Wildman–Crippen LogP) is 3.36. The number of nitrogens with one attached hydrogen (secondary N) is 1. The Bertz CT molecular complexity index is 671. The van der Waals surface area contributed by atoms with Gasteiger partial charge in [0.05, 0.1) is 0 Å². The molecule has 0 unspecified atom stereocenters. The lowest BCUT2D eigenvalue weighted by atomic mass is 9.83. The summed E-state index contributed by atoms with van der Waals surface area (Å²) in [7, 11) is 1.65. The van der Waals surface area contributed by atoms with Gasteiger partial charge in [-0.25, -0.2) is 4.79 Å². The molecule has 0 aliphatic carbocycles. The monoisotopic (exact) mass is 367 g/mol. The molecule has 0 saturated carbocycles. The summed E-state index contributed by atoms with van der Waals surface area (Å²) in [4.78, 5) is 26.1. The predicted molar refractivity (Wildman–Crippen MR) is 92.1 cm³/mol. The van der Waals surface area contributed by atoms with Crippen molar-refractivity contribution >= 4 is 27.6 Å². The van der Waals surface area contributed by atoms with E-state index in [2.05, 4.69) is 48.1 Å². The number of aromatic nitrogens is 1. The number of carbonyl (C=O) groups is 1. The topological polar surface area (TPSA) is 54.3 Å². The van der Waals surface area contributed by atoms with Crippen molar-refractivity contribution in [3.8, 4) is 0 Å². The van der Waals surface area contributed by atoms with E-state index in [-0.39, 0.29) is 22.7 Å². The molecule has 1 aromatic rings. The number of hydrogen-bond donors (Lipinski definition) is 1. The zero-order chi connectivity index (χ0) is 16.5. The molecule has 0 bridgehead atoms.